The summed E-state index contributed by atoms with van der Waals surface area (Å²) in [5.41, 5.74) is 8.86. The van der Waals surface area contributed by atoms with Gasteiger partial charge in [-0.3, -0.25) is 9.89 Å². The van der Waals surface area contributed by atoms with Crippen molar-refractivity contribution in [3.05, 3.63) is 77.4 Å². The van der Waals surface area contributed by atoms with E-state index in [1.165, 1.54) is 6.20 Å². The molecule has 3 heterocycles. The number of anilines is 1. The second-order valence-electron chi connectivity index (χ2n) is 7.96. The van der Waals surface area contributed by atoms with Crippen LogP contribution < -0.4 is 15.8 Å². The van der Waals surface area contributed by atoms with Crippen molar-refractivity contribution in [2.45, 2.75) is 32.8 Å². The third-order valence-corrected chi connectivity index (χ3v) is 5.38. The van der Waals surface area contributed by atoms with E-state index in [9.17, 15) is 4.79 Å². The first-order chi connectivity index (χ1) is 16.0. The molecule has 4 N–H and O–H groups in total. The lowest BCUT2D eigenvalue weighted by Gasteiger charge is -2.28. The molecule has 1 amide bonds. The number of hydrogen-bond donors (Lipinski definition) is 3. The Balaban J connectivity index is 1.64. The molecule has 0 aromatic carbocycles. The van der Waals surface area contributed by atoms with E-state index >= 15 is 0 Å². The van der Waals surface area contributed by atoms with Gasteiger partial charge in [0.1, 0.15) is 6.10 Å². The Morgan fingerprint density at radius 2 is 2.06 bits per heavy atom. The summed E-state index contributed by atoms with van der Waals surface area (Å²) in [6.07, 6.45) is 16.5. The summed E-state index contributed by atoms with van der Waals surface area (Å²) in [6.45, 7) is 5.85. The van der Waals surface area contributed by atoms with Crippen LogP contribution in [0.1, 0.15) is 41.5 Å². The van der Waals surface area contributed by atoms with Crippen LogP contribution in [-0.4, -0.2) is 52.2 Å². The first-order valence-electron chi connectivity index (χ1n) is 11.1. The SMILES string of the molecule is C/C=C/C=C\C(\C=C/c1c(C(=O)Nc2ccc(OC3CCN(C)CC3)nc2)n[nH]c1C)=C/N. The zero-order valence-electron chi connectivity index (χ0n) is 19.4. The number of pyridine rings is 1. The minimum atomic E-state index is -0.326. The lowest BCUT2D eigenvalue weighted by molar-refractivity contribution is 0.102. The number of aromatic amines is 1. The van der Waals surface area contributed by atoms with Gasteiger partial charge in [0.25, 0.3) is 5.91 Å². The standard InChI is InChI=1S/C25H32N6O2/c1-4-5-6-7-19(16-26)8-10-22-18(2)29-30-24(22)25(32)28-20-9-11-23(27-17-20)33-21-12-14-31(3)15-13-21/h4-11,16-17,21H,12-15,26H2,1-3H3,(H,28,32)(H,29,30)/b5-4+,7-6-,10-8-,19-16+. The molecule has 1 fully saturated rings. The maximum absolute atomic E-state index is 12.9. The number of hydrogen-bond acceptors (Lipinski definition) is 6. The Morgan fingerprint density at radius 3 is 2.73 bits per heavy atom. The summed E-state index contributed by atoms with van der Waals surface area (Å²) in [7, 11) is 2.12. The van der Waals surface area contributed by atoms with Crippen molar-refractivity contribution in [1.29, 1.82) is 0 Å². The van der Waals surface area contributed by atoms with E-state index < -0.39 is 0 Å². The monoisotopic (exact) mass is 448 g/mol. The average molecular weight is 449 g/mol. The Kier molecular flexibility index (Phi) is 8.60. The van der Waals surface area contributed by atoms with Crippen molar-refractivity contribution in [3.63, 3.8) is 0 Å². The molecule has 0 unspecified atom stereocenters. The van der Waals surface area contributed by atoms with Gasteiger partial charge in [-0.25, -0.2) is 4.98 Å². The highest BCUT2D eigenvalue weighted by Gasteiger charge is 2.19. The van der Waals surface area contributed by atoms with Crippen LogP contribution in [0.5, 0.6) is 5.88 Å². The van der Waals surface area contributed by atoms with Crippen LogP contribution in [0.15, 0.2) is 60.5 Å². The van der Waals surface area contributed by atoms with Gasteiger partial charge in [-0.2, -0.15) is 5.10 Å². The molecule has 0 bridgehead atoms. The van der Waals surface area contributed by atoms with Crippen molar-refractivity contribution < 1.29 is 9.53 Å². The number of piperidine rings is 1. The number of allylic oxidation sites excluding steroid dienone is 6. The summed E-state index contributed by atoms with van der Waals surface area (Å²) < 4.78 is 5.97. The molecule has 3 rings (SSSR count). The summed E-state index contributed by atoms with van der Waals surface area (Å²) in [5.74, 6) is 0.237. The Bertz CT molecular complexity index is 1040. The molecule has 1 aliphatic heterocycles. The molecule has 0 atom stereocenters. The van der Waals surface area contributed by atoms with E-state index in [1.54, 1.807) is 18.3 Å². The zero-order chi connectivity index (χ0) is 23.6. The molecule has 2 aromatic heterocycles. The Labute approximate surface area is 194 Å². The van der Waals surface area contributed by atoms with Gasteiger partial charge in [0, 0.05) is 36.6 Å². The summed E-state index contributed by atoms with van der Waals surface area (Å²) in [4.78, 5) is 19.5. The molecule has 33 heavy (non-hydrogen) atoms. The van der Waals surface area contributed by atoms with Crippen LogP contribution in [0.25, 0.3) is 6.08 Å². The average Bonchev–Trinajstić information content (AvgIpc) is 3.19. The van der Waals surface area contributed by atoms with Crippen LogP contribution in [0.3, 0.4) is 0 Å². The zero-order valence-corrected chi connectivity index (χ0v) is 19.4. The third-order valence-electron chi connectivity index (χ3n) is 5.38. The summed E-state index contributed by atoms with van der Waals surface area (Å²) >= 11 is 0. The highest BCUT2D eigenvalue weighted by Crippen LogP contribution is 2.20. The number of aryl methyl sites for hydroxylation is 1. The number of nitrogens with one attached hydrogen (secondary N) is 2. The normalized spacial score (nSPS) is 16.3. The van der Waals surface area contributed by atoms with E-state index in [2.05, 4.69) is 32.4 Å². The number of amides is 1. The van der Waals surface area contributed by atoms with Gasteiger partial charge < -0.3 is 20.7 Å². The van der Waals surface area contributed by atoms with Crippen LogP contribution in [0, 0.1) is 6.92 Å². The van der Waals surface area contributed by atoms with Crippen molar-refractivity contribution in [1.82, 2.24) is 20.1 Å². The van der Waals surface area contributed by atoms with Gasteiger partial charge in [0.15, 0.2) is 5.69 Å². The number of carbonyl (C=O) groups is 1. The van der Waals surface area contributed by atoms with Crippen molar-refractivity contribution in [2.24, 2.45) is 5.73 Å². The van der Waals surface area contributed by atoms with Gasteiger partial charge in [-0.15, -0.1) is 0 Å². The fourth-order valence-electron chi connectivity index (χ4n) is 3.43. The minimum Gasteiger partial charge on any atom is -0.474 e. The fraction of sp³-hybridized carbons (Fsp3) is 0.320. The molecule has 0 radical (unpaired) electrons. The largest absolute Gasteiger partial charge is 0.474 e. The second-order valence-corrected chi connectivity index (χ2v) is 7.96. The molecular weight excluding hydrogens is 416 g/mol. The lowest BCUT2D eigenvalue weighted by Crippen LogP contribution is -2.35. The van der Waals surface area contributed by atoms with Crippen LogP contribution >= 0.6 is 0 Å². The van der Waals surface area contributed by atoms with E-state index in [-0.39, 0.29) is 12.0 Å². The summed E-state index contributed by atoms with van der Waals surface area (Å²) in [6, 6.07) is 3.56. The van der Waals surface area contributed by atoms with E-state index in [4.69, 9.17) is 10.5 Å². The first-order valence-corrected chi connectivity index (χ1v) is 11.1. The number of H-pyrrole nitrogens is 1. The lowest BCUT2D eigenvalue weighted by atomic mass is 10.1. The molecule has 174 valence electrons. The van der Waals surface area contributed by atoms with E-state index in [0.29, 0.717) is 22.8 Å². The molecule has 1 saturated heterocycles. The van der Waals surface area contributed by atoms with Gasteiger partial charge >= 0.3 is 0 Å². The van der Waals surface area contributed by atoms with Crippen molar-refractivity contribution in [2.75, 3.05) is 25.5 Å². The molecule has 8 nitrogen and oxygen atoms in total. The molecule has 1 aliphatic rings. The number of rotatable bonds is 8. The van der Waals surface area contributed by atoms with E-state index in [0.717, 1.165) is 37.2 Å². The molecule has 2 aromatic rings. The minimum absolute atomic E-state index is 0.177. The number of ether oxygens (including phenoxy) is 1. The number of carbonyl (C=O) groups excluding carboxylic acids is 1. The van der Waals surface area contributed by atoms with Crippen molar-refractivity contribution in [3.8, 4) is 5.88 Å². The maximum Gasteiger partial charge on any atom is 0.276 e. The van der Waals surface area contributed by atoms with Gasteiger partial charge in [0.2, 0.25) is 5.88 Å². The summed E-state index contributed by atoms with van der Waals surface area (Å²) in [5, 5.41) is 9.90. The third kappa shape index (κ3) is 6.92. The molecular formula is C25H32N6O2. The van der Waals surface area contributed by atoms with Gasteiger partial charge in [0.05, 0.1) is 11.9 Å². The number of likely N-dealkylation sites (tertiary alicyclic amines) is 1. The highest BCUT2D eigenvalue weighted by atomic mass is 16.5. The van der Waals surface area contributed by atoms with E-state index in [1.807, 2.05) is 50.3 Å². The predicted octanol–water partition coefficient (Wildman–Crippen LogP) is 3.83. The fourth-order valence-corrected chi connectivity index (χ4v) is 3.43. The van der Waals surface area contributed by atoms with Crippen LogP contribution in [-0.2, 0) is 0 Å². The molecule has 0 saturated carbocycles. The topological polar surface area (TPSA) is 109 Å². The van der Waals surface area contributed by atoms with Gasteiger partial charge in [-0.05, 0) is 45.4 Å². The smallest absolute Gasteiger partial charge is 0.276 e. The number of nitrogens with zero attached hydrogens (tertiary/aromatic N) is 3. The second kappa shape index (κ2) is 11.8. The van der Waals surface area contributed by atoms with Crippen molar-refractivity contribution >= 4 is 17.7 Å². The first kappa shape index (κ1) is 24.0. The number of aromatic nitrogens is 3. The predicted molar refractivity (Wildman–Crippen MR) is 132 cm³/mol. The quantitative estimate of drug-likeness (QED) is 0.530. The number of nitrogens with two attached hydrogens (primary N) is 1. The van der Waals surface area contributed by atoms with Crippen LogP contribution in [0.2, 0.25) is 0 Å². The Hall–Kier alpha value is -3.65. The van der Waals surface area contributed by atoms with Crippen LogP contribution in [0.4, 0.5) is 5.69 Å². The highest BCUT2D eigenvalue weighted by molar-refractivity contribution is 6.05. The molecule has 0 spiro atoms. The molecule has 0 aliphatic carbocycles. The maximum atomic E-state index is 12.9. The van der Waals surface area contributed by atoms with Gasteiger partial charge in [-0.1, -0.05) is 36.5 Å². The molecule has 8 heteroatoms. The Morgan fingerprint density at radius 1 is 1.27 bits per heavy atom.